The third-order valence-corrected chi connectivity index (χ3v) is 6.16. The quantitative estimate of drug-likeness (QED) is 0.835. The summed E-state index contributed by atoms with van der Waals surface area (Å²) < 4.78 is 11.2. The number of aryl methyl sites for hydroxylation is 3. The van der Waals surface area contributed by atoms with Crippen LogP contribution in [-0.4, -0.2) is 40.1 Å². The second kappa shape index (κ2) is 5.97. The number of likely N-dealkylation sites (tertiary alicyclic amines) is 1. The molecule has 6 nitrogen and oxygen atoms in total. The van der Waals surface area contributed by atoms with Gasteiger partial charge in [-0.05, 0) is 38.3 Å². The molecule has 0 aromatic carbocycles. The van der Waals surface area contributed by atoms with Gasteiger partial charge in [-0.25, -0.2) is 0 Å². The fourth-order valence-electron chi connectivity index (χ4n) is 3.59. The fraction of sp³-hybridized carbons (Fsp3) is 0.588. The average Bonchev–Trinajstić information content (AvgIpc) is 3.25. The van der Waals surface area contributed by atoms with E-state index in [-0.39, 0.29) is 18.1 Å². The number of piperidine rings is 1. The van der Waals surface area contributed by atoms with Crippen LogP contribution in [0.3, 0.4) is 0 Å². The highest BCUT2D eigenvalue weighted by atomic mass is 32.1. The second-order valence-electron chi connectivity index (χ2n) is 6.72. The Morgan fingerprint density at radius 1 is 1.38 bits per heavy atom. The molecule has 0 saturated carbocycles. The first-order valence-electron chi connectivity index (χ1n) is 8.33. The van der Waals surface area contributed by atoms with E-state index in [9.17, 15) is 4.79 Å². The summed E-state index contributed by atoms with van der Waals surface area (Å²) in [6.45, 7) is 7.38. The molecule has 4 rings (SSSR count). The average molecular weight is 347 g/mol. The summed E-state index contributed by atoms with van der Waals surface area (Å²) in [7, 11) is 0. The minimum atomic E-state index is -0.112. The van der Waals surface area contributed by atoms with Gasteiger partial charge in [0.25, 0.3) is 5.91 Å². The molecule has 0 N–H and O–H groups in total. The minimum Gasteiger partial charge on any atom is -0.366 e. The summed E-state index contributed by atoms with van der Waals surface area (Å²) in [6, 6.07) is 2.00. The number of amides is 1. The van der Waals surface area contributed by atoms with E-state index in [0.717, 1.165) is 30.8 Å². The first kappa shape index (κ1) is 15.8. The summed E-state index contributed by atoms with van der Waals surface area (Å²) in [5, 5.41) is 3.98. The number of aromatic nitrogens is 2. The van der Waals surface area contributed by atoms with Crippen LogP contribution >= 0.6 is 11.3 Å². The molecular formula is C17H21N3O3S. The second-order valence-corrected chi connectivity index (χ2v) is 7.98. The molecule has 0 bridgehead atoms. The van der Waals surface area contributed by atoms with Gasteiger partial charge >= 0.3 is 0 Å². The van der Waals surface area contributed by atoms with Crippen molar-refractivity contribution < 1.29 is 14.1 Å². The van der Waals surface area contributed by atoms with E-state index in [2.05, 4.69) is 24.0 Å². The summed E-state index contributed by atoms with van der Waals surface area (Å²) in [6.07, 6.45) is 1.78. The molecule has 128 valence electrons. The molecule has 2 fully saturated rings. The van der Waals surface area contributed by atoms with Crippen LogP contribution in [0.25, 0.3) is 0 Å². The number of fused-ring (bicyclic) bond motifs is 1. The molecule has 2 aromatic heterocycles. The van der Waals surface area contributed by atoms with E-state index in [0.29, 0.717) is 17.6 Å². The third kappa shape index (κ3) is 2.75. The summed E-state index contributed by atoms with van der Waals surface area (Å²) in [5.74, 6) is 1.68. The molecule has 4 heterocycles. The monoisotopic (exact) mass is 347 g/mol. The molecule has 0 spiro atoms. The van der Waals surface area contributed by atoms with E-state index >= 15 is 0 Å². The Morgan fingerprint density at radius 3 is 2.88 bits per heavy atom. The van der Waals surface area contributed by atoms with Crippen molar-refractivity contribution in [1.29, 1.82) is 0 Å². The maximum absolute atomic E-state index is 12.8. The molecule has 24 heavy (non-hydrogen) atoms. The number of rotatable bonds is 2. The van der Waals surface area contributed by atoms with Gasteiger partial charge in [-0.15, -0.1) is 11.3 Å². The van der Waals surface area contributed by atoms with Crippen molar-refractivity contribution in [1.82, 2.24) is 15.0 Å². The summed E-state index contributed by atoms with van der Waals surface area (Å²) in [4.78, 5) is 21.1. The van der Waals surface area contributed by atoms with E-state index < -0.39 is 0 Å². The number of hydrogen-bond donors (Lipinski definition) is 0. The van der Waals surface area contributed by atoms with E-state index in [1.54, 1.807) is 18.3 Å². The number of nitrogens with zero attached hydrogens (tertiary/aromatic N) is 3. The van der Waals surface area contributed by atoms with Gasteiger partial charge in [0, 0.05) is 30.8 Å². The summed E-state index contributed by atoms with van der Waals surface area (Å²) >= 11 is 1.59. The minimum absolute atomic E-state index is 0.112. The molecule has 0 unspecified atom stereocenters. The molecule has 2 saturated heterocycles. The van der Waals surface area contributed by atoms with Crippen molar-refractivity contribution >= 4 is 17.2 Å². The Kier molecular flexibility index (Phi) is 3.92. The maximum Gasteiger partial charge on any atom is 0.263 e. The Morgan fingerprint density at radius 2 is 2.21 bits per heavy atom. The van der Waals surface area contributed by atoms with Gasteiger partial charge in [0.1, 0.15) is 6.10 Å². The van der Waals surface area contributed by atoms with Crippen molar-refractivity contribution in [2.24, 2.45) is 5.92 Å². The fourth-order valence-corrected chi connectivity index (χ4v) is 4.59. The van der Waals surface area contributed by atoms with Gasteiger partial charge in [-0.3, -0.25) is 4.79 Å². The van der Waals surface area contributed by atoms with Gasteiger partial charge < -0.3 is 14.2 Å². The lowest BCUT2D eigenvalue weighted by molar-refractivity contribution is -0.000878. The van der Waals surface area contributed by atoms with Crippen molar-refractivity contribution in [2.75, 3.05) is 13.1 Å². The maximum atomic E-state index is 12.8. The lowest BCUT2D eigenvalue weighted by Gasteiger charge is -2.33. The number of hydrogen-bond acceptors (Lipinski definition) is 6. The zero-order valence-corrected chi connectivity index (χ0v) is 14.9. The first-order valence-corrected chi connectivity index (χ1v) is 9.15. The predicted octanol–water partition coefficient (Wildman–Crippen LogP) is 3.05. The topological polar surface area (TPSA) is 68.5 Å². The van der Waals surface area contributed by atoms with Crippen LogP contribution in [0.5, 0.6) is 0 Å². The smallest absolute Gasteiger partial charge is 0.263 e. The van der Waals surface area contributed by atoms with E-state index in [1.165, 1.54) is 10.4 Å². The lowest BCUT2D eigenvalue weighted by Crippen LogP contribution is -2.44. The van der Waals surface area contributed by atoms with Gasteiger partial charge in [0.05, 0.1) is 11.0 Å². The predicted molar refractivity (Wildman–Crippen MR) is 89.1 cm³/mol. The Labute approximate surface area is 144 Å². The van der Waals surface area contributed by atoms with E-state index in [4.69, 9.17) is 9.26 Å². The molecule has 3 atom stereocenters. The highest BCUT2D eigenvalue weighted by Gasteiger charge is 2.42. The lowest BCUT2D eigenvalue weighted by atomic mass is 9.92. The largest absolute Gasteiger partial charge is 0.366 e. The Bertz CT molecular complexity index is 749. The van der Waals surface area contributed by atoms with Crippen LogP contribution in [0, 0.1) is 26.7 Å². The molecule has 2 aliphatic heterocycles. The van der Waals surface area contributed by atoms with Crippen molar-refractivity contribution in [3.05, 3.63) is 33.1 Å². The van der Waals surface area contributed by atoms with Crippen LogP contribution in [0.4, 0.5) is 0 Å². The first-order chi connectivity index (χ1) is 11.5. The highest BCUT2D eigenvalue weighted by Crippen LogP contribution is 2.40. The zero-order chi connectivity index (χ0) is 16.8. The molecule has 0 aliphatic carbocycles. The van der Waals surface area contributed by atoms with Crippen LogP contribution in [-0.2, 0) is 4.74 Å². The highest BCUT2D eigenvalue weighted by molar-refractivity contribution is 7.14. The van der Waals surface area contributed by atoms with E-state index in [1.807, 2.05) is 11.0 Å². The van der Waals surface area contributed by atoms with Gasteiger partial charge in [0.15, 0.2) is 0 Å². The van der Waals surface area contributed by atoms with Crippen LogP contribution < -0.4 is 0 Å². The van der Waals surface area contributed by atoms with Gasteiger partial charge in [-0.1, -0.05) is 5.16 Å². The molecular weight excluding hydrogens is 326 g/mol. The Balaban J connectivity index is 1.45. The zero-order valence-electron chi connectivity index (χ0n) is 14.1. The number of carbonyl (C=O) groups excluding carboxylic acids is 1. The number of thiophene rings is 1. The SMILES string of the molecule is Cc1nc([C@H]2C[C@H]3CN(C(=O)c4cc(C)c(C)s4)CC[C@@H]3O2)no1. The molecule has 7 heteroatoms. The molecule has 1 amide bonds. The number of carbonyl (C=O) groups is 1. The van der Waals surface area contributed by atoms with Crippen molar-refractivity contribution in [3.63, 3.8) is 0 Å². The van der Waals surface area contributed by atoms with Crippen molar-refractivity contribution in [2.45, 2.75) is 45.8 Å². The molecule has 2 aliphatic rings. The van der Waals surface area contributed by atoms with Crippen molar-refractivity contribution in [3.8, 4) is 0 Å². The van der Waals surface area contributed by atoms with Crippen LogP contribution in [0.1, 0.15) is 50.8 Å². The van der Waals surface area contributed by atoms with Gasteiger partial charge in [-0.2, -0.15) is 4.98 Å². The number of ether oxygens (including phenoxy) is 1. The third-order valence-electron chi connectivity index (χ3n) is 5.02. The molecule has 2 aromatic rings. The normalized spacial score (nSPS) is 26.6. The molecule has 0 radical (unpaired) electrons. The Hall–Kier alpha value is -1.73. The van der Waals surface area contributed by atoms with Crippen LogP contribution in [0.2, 0.25) is 0 Å². The standard InChI is InChI=1S/C17H21N3O3S/c1-9-6-15(24-10(9)2)17(21)20-5-4-13-12(8-20)7-14(22-13)16-18-11(3)23-19-16/h6,12-14H,4-5,7-8H2,1-3H3/t12-,13-,14+/m0/s1. The summed E-state index contributed by atoms with van der Waals surface area (Å²) in [5.41, 5.74) is 1.19. The van der Waals surface area contributed by atoms with Crippen LogP contribution in [0.15, 0.2) is 10.6 Å². The van der Waals surface area contributed by atoms with Gasteiger partial charge in [0.2, 0.25) is 11.7 Å².